The molecule has 0 unspecified atom stereocenters. The topological polar surface area (TPSA) is 105 Å². The average Bonchev–Trinajstić information content (AvgIpc) is 2.94. The Morgan fingerprint density at radius 3 is 2.48 bits per heavy atom. The zero-order chi connectivity index (χ0) is 19.0. The van der Waals surface area contributed by atoms with Crippen LogP contribution in [0.4, 0.5) is 0 Å². The van der Waals surface area contributed by atoms with Crippen molar-refractivity contribution in [3.8, 4) is 0 Å². The fraction of sp³-hybridized carbons (Fsp3) is 0.400. The van der Waals surface area contributed by atoms with Gasteiger partial charge < -0.3 is 9.84 Å². The fourth-order valence-corrected chi connectivity index (χ4v) is 3.85. The Balaban J connectivity index is 2.35. The van der Waals surface area contributed by atoms with Crippen LogP contribution in [-0.2, 0) is 15.6 Å². The van der Waals surface area contributed by atoms with Crippen LogP contribution in [0.2, 0.25) is 0 Å². The van der Waals surface area contributed by atoms with E-state index >= 15 is 0 Å². The molecule has 1 heterocycles. The van der Waals surface area contributed by atoms with Crippen molar-refractivity contribution in [2.24, 2.45) is 0 Å². The van der Waals surface area contributed by atoms with Crippen LogP contribution in [0.5, 0.6) is 0 Å². The summed E-state index contributed by atoms with van der Waals surface area (Å²) in [5, 5.41) is 6.60. The lowest BCUT2D eigenvalue weighted by Crippen LogP contribution is -2.42. The van der Waals surface area contributed by atoms with Gasteiger partial charge in [0.1, 0.15) is 0 Å². The molecule has 8 nitrogen and oxygen atoms in total. The number of aromatic nitrogens is 2. The summed E-state index contributed by atoms with van der Waals surface area (Å²) in [4.78, 5) is 16.7. The van der Waals surface area contributed by atoms with Crippen LogP contribution >= 0.6 is 15.9 Å². The molecule has 0 spiro atoms. The molecule has 0 aliphatic carbocycles. The highest BCUT2D eigenvalue weighted by atomic mass is 79.9. The number of amides is 1. The number of halogens is 1. The zero-order valence-electron chi connectivity index (χ0n) is 14.5. The Bertz CT molecular complexity index is 906. The summed E-state index contributed by atoms with van der Waals surface area (Å²) in [5.74, 6) is 0.270. The molecule has 0 fully saturated rings. The molecular weight excluding hydrogens is 412 g/mol. The minimum absolute atomic E-state index is 0.0124. The van der Waals surface area contributed by atoms with Crippen LogP contribution in [0.25, 0.3) is 0 Å². The fourth-order valence-electron chi connectivity index (χ4n) is 2.00. The predicted molar refractivity (Wildman–Crippen MR) is 94.5 cm³/mol. The van der Waals surface area contributed by atoms with Crippen molar-refractivity contribution in [3.05, 3.63) is 40.0 Å². The molecule has 2 rings (SSSR count). The summed E-state index contributed by atoms with van der Waals surface area (Å²) >= 11 is 3.21. The molecule has 0 radical (unpaired) electrons. The standard InChI is InChI=1S/C15H19BrN4O4S/c1-9-17-14(19-24-9)15(2,3)18-13(21)10-6-7-11(16)12(8-10)25(22,23)20(4)5/h6-8H,1-5H3,(H,18,21). The van der Waals surface area contributed by atoms with Crippen molar-refractivity contribution in [1.82, 2.24) is 19.8 Å². The Hall–Kier alpha value is -1.78. The van der Waals surface area contributed by atoms with E-state index in [4.69, 9.17) is 4.52 Å². The van der Waals surface area contributed by atoms with Crippen molar-refractivity contribution >= 4 is 31.9 Å². The van der Waals surface area contributed by atoms with E-state index in [0.29, 0.717) is 16.2 Å². The Kier molecular flexibility index (Phi) is 5.35. The molecule has 0 aliphatic rings. The maximum atomic E-state index is 12.6. The number of carbonyl (C=O) groups excluding carboxylic acids is 1. The molecule has 1 amide bonds. The number of rotatable bonds is 5. The van der Waals surface area contributed by atoms with E-state index in [1.54, 1.807) is 20.8 Å². The molecule has 0 aliphatic heterocycles. The number of sulfonamides is 1. The number of carbonyl (C=O) groups is 1. The lowest BCUT2D eigenvalue weighted by atomic mass is 10.0. The first-order chi connectivity index (χ1) is 11.4. The van der Waals surface area contributed by atoms with Gasteiger partial charge in [0.15, 0.2) is 5.82 Å². The first kappa shape index (κ1) is 19.5. The number of nitrogens with one attached hydrogen (secondary N) is 1. The SMILES string of the molecule is Cc1nc(C(C)(C)NC(=O)c2ccc(Br)c(S(=O)(=O)N(C)C)c2)no1. The Labute approximate surface area is 154 Å². The van der Waals surface area contributed by atoms with Crippen molar-refractivity contribution in [2.45, 2.75) is 31.2 Å². The first-order valence-corrected chi connectivity index (χ1v) is 9.54. The van der Waals surface area contributed by atoms with Gasteiger partial charge in [0, 0.05) is 31.1 Å². The zero-order valence-corrected chi connectivity index (χ0v) is 16.9. The maximum absolute atomic E-state index is 12.6. The number of benzene rings is 1. The Morgan fingerprint density at radius 1 is 1.32 bits per heavy atom. The van der Waals surface area contributed by atoms with Gasteiger partial charge in [-0.1, -0.05) is 5.16 Å². The summed E-state index contributed by atoms with van der Waals surface area (Å²) in [6, 6.07) is 4.38. The number of nitrogens with zero attached hydrogens (tertiary/aromatic N) is 3. The lowest BCUT2D eigenvalue weighted by molar-refractivity contribution is 0.0907. The molecule has 1 aromatic heterocycles. The number of hydrogen-bond acceptors (Lipinski definition) is 6. The lowest BCUT2D eigenvalue weighted by Gasteiger charge is -2.22. The monoisotopic (exact) mass is 430 g/mol. The van der Waals surface area contributed by atoms with Gasteiger partial charge in [-0.2, -0.15) is 4.98 Å². The van der Waals surface area contributed by atoms with Gasteiger partial charge in [-0.05, 0) is 48.0 Å². The second kappa shape index (κ2) is 6.85. The second-order valence-corrected chi connectivity index (χ2v) is 9.12. The third kappa shape index (κ3) is 4.07. The molecule has 0 atom stereocenters. The van der Waals surface area contributed by atoms with E-state index < -0.39 is 21.5 Å². The highest BCUT2D eigenvalue weighted by molar-refractivity contribution is 9.10. The highest BCUT2D eigenvalue weighted by Crippen LogP contribution is 2.26. The van der Waals surface area contributed by atoms with Crippen LogP contribution in [0.15, 0.2) is 32.1 Å². The van der Waals surface area contributed by atoms with Gasteiger partial charge in [0.05, 0.1) is 10.4 Å². The molecule has 1 N–H and O–H groups in total. The third-order valence-electron chi connectivity index (χ3n) is 3.46. The van der Waals surface area contributed by atoms with Crippen molar-refractivity contribution in [1.29, 1.82) is 0 Å². The largest absolute Gasteiger partial charge is 0.340 e. The van der Waals surface area contributed by atoms with Gasteiger partial charge in [-0.3, -0.25) is 4.79 Å². The van der Waals surface area contributed by atoms with Gasteiger partial charge in [0.2, 0.25) is 15.9 Å². The summed E-state index contributed by atoms with van der Waals surface area (Å²) in [6.45, 7) is 5.11. The predicted octanol–water partition coefficient (Wildman–Crippen LogP) is 2.06. The van der Waals surface area contributed by atoms with E-state index in [0.717, 1.165) is 4.31 Å². The van der Waals surface area contributed by atoms with Crippen LogP contribution < -0.4 is 5.32 Å². The maximum Gasteiger partial charge on any atom is 0.252 e. The summed E-state index contributed by atoms with van der Waals surface area (Å²) in [6.07, 6.45) is 0. The van der Waals surface area contributed by atoms with Crippen molar-refractivity contribution in [3.63, 3.8) is 0 Å². The van der Waals surface area contributed by atoms with Gasteiger partial charge in [0.25, 0.3) is 5.91 Å². The third-order valence-corrected chi connectivity index (χ3v) is 6.27. The van der Waals surface area contributed by atoms with Crippen LogP contribution in [0, 0.1) is 6.92 Å². The quantitative estimate of drug-likeness (QED) is 0.777. The van der Waals surface area contributed by atoms with E-state index in [-0.39, 0.29) is 10.5 Å². The van der Waals surface area contributed by atoms with E-state index in [2.05, 4.69) is 31.4 Å². The highest BCUT2D eigenvalue weighted by Gasteiger charge is 2.29. The Morgan fingerprint density at radius 2 is 1.96 bits per heavy atom. The normalized spacial score (nSPS) is 12.4. The summed E-state index contributed by atoms with van der Waals surface area (Å²) in [5.41, 5.74) is -0.681. The molecule has 10 heteroatoms. The molecule has 1 aromatic carbocycles. The number of aryl methyl sites for hydroxylation is 1. The minimum Gasteiger partial charge on any atom is -0.340 e. The molecule has 0 bridgehead atoms. The van der Waals surface area contributed by atoms with Gasteiger partial charge >= 0.3 is 0 Å². The van der Waals surface area contributed by atoms with E-state index in [1.165, 1.54) is 32.3 Å². The summed E-state index contributed by atoms with van der Waals surface area (Å²) < 4.78 is 31.1. The minimum atomic E-state index is -3.69. The number of hydrogen-bond donors (Lipinski definition) is 1. The van der Waals surface area contributed by atoms with Gasteiger partial charge in [-0.15, -0.1) is 0 Å². The summed E-state index contributed by atoms with van der Waals surface area (Å²) in [7, 11) is -0.836. The molecule has 0 saturated heterocycles. The van der Waals surface area contributed by atoms with E-state index in [1.807, 2.05) is 0 Å². The smallest absolute Gasteiger partial charge is 0.252 e. The van der Waals surface area contributed by atoms with E-state index in [9.17, 15) is 13.2 Å². The molecule has 0 saturated carbocycles. The average molecular weight is 431 g/mol. The van der Waals surface area contributed by atoms with Crippen LogP contribution in [0.1, 0.15) is 35.9 Å². The second-order valence-electron chi connectivity index (χ2n) is 6.15. The van der Waals surface area contributed by atoms with Crippen molar-refractivity contribution in [2.75, 3.05) is 14.1 Å². The molecule has 2 aromatic rings. The molecular formula is C15H19BrN4O4S. The van der Waals surface area contributed by atoms with Crippen LogP contribution in [0.3, 0.4) is 0 Å². The van der Waals surface area contributed by atoms with Crippen LogP contribution in [-0.4, -0.2) is 42.9 Å². The van der Waals surface area contributed by atoms with Crippen molar-refractivity contribution < 1.29 is 17.7 Å². The van der Waals surface area contributed by atoms with Gasteiger partial charge in [-0.25, -0.2) is 12.7 Å². The molecule has 25 heavy (non-hydrogen) atoms. The first-order valence-electron chi connectivity index (χ1n) is 7.30. The molecule has 136 valence electrons.